The standard InChI is InChI=1S/C13H17.Na/c1-4-7-12-10-9-11(6-3)13(12)8-5-2;/h4-5,9-10H,1-2,6-8H2,3H3;/q-1;+1. The first-order chi connectivity index (χ1) is 6.33. The van der Waals surface area contributed by atoms with Crippen LogP contribution in [0.4, 0.5) is 0 Å². The van der Waals surface area contributed by atoms with Gasteiger partial charge in [0.15, 0.2) is 0 Å². The Kier molecular flexibility index (Phi) is 7.08. The Morgan fingerprint density at radius 2 is 1.93 bits per heavy atom. The van der Waals surface area contributed by atoms with Crippen molar-refractivity contribution >= 4 is 0 Å². The van der Waals surface area contributed by atoms with Crippen LogP contribution in [0.15, 0.2) is 37.4 Å². The predicted octanol–water partition coefficient (Wildman–Crippen LogP) is 0.429. The zero-order chi connectivity index (χ0) is 9.68. The molecule has 0 amide bonds. The number of rotatable bonds is 5. The molecule has 0 aliphatic rings. The number of allylic oxidation sites excluding steroid dienone is 2. The minimum absolute atomic E-state index is 0. The van der Waals surface area contributed by atoms with E-state index in [1.165, 1.54) is 16.7 Å². The van der Waals surface area contributed by atoms with E-state index in [-0.39, 0.29) is 29.6 Å². The van der Waals surface area contributed by atoms with Crippen molar-refractivity contribution in [2.45, 2.75) is 26.2 Å². The second kappa shape index (κ2) is 7.17. The SMILES string of the molecule is C=CCc1cc[c-](CC)c1CC=C.[Na+]. The van der Waals surface area contributed by atoms with Crippen molar-refractivity contribution in [3.05, 3.63) is 54.1 Å². The molecular weight excluding hydrogens is 179 g/mol. The Bertz CT molecular complexity index is 294. The maximum atomic E-state index is 3.79. The Labute approximate surface area is 109 Å². The average molecular weight is 196 g/mol. The van der Waals surface area contributed by atoms with Crippen molar-refractivity contribution in [3.8, 4) is 0 Å². The number of hydrogen-bond acceptors (Lipinski definition) is 0. The van der Waals surface area contributed by atoms with E-state index in [0.29, 0.717) is 0 Å². The van der Waals surface area contributed by atoms with E-state index in [1.54, 1.807) is 0 Å². The maximum Gasteiger partial charge on any atom is 1.00 e. The number of aryl methyl sites for hydroxylation is 1. The third kappa shape index (κ3) is 3.20. The predicted molar refractivity (Wildman–Crippen MR) is 59.2 cm³/mol. The summed E-state index contributed by atoms with van der Waals surface area (Å²) in [7, 11) is 0. The molecule has 1 heteroatoms. The van der Waals surface area contributed by atoms with Gasteiger partial charge in [-0.3, -0.25) is 0 Å². The topological polar surface area (TPSA) is 0 Å². The third-order valence-electron chi connectivity index (χ3n) is 2.35. The van der Waals surface area contributed by atoms with Gasteiger partial charge < -0.3 is 0 Å². The molecule has 0 unspecified atom stereocenters. The van der Waals surface area contributed by atoms with Gasteiger partial charge in [0.2, 0.25) is 0 Å². The van der Waals surface area contributed by atoms with Crippen LogP contribution < -0.4 is 29.6 Å². The molecule has 0 aliphatic carbocycles. The van der Waals surface area contributed by atoms with Gasteiger partial charge >= 0.3 is 29.6 Å². The fourth-order valence-electron chi connectivity index (χ4n) is 1.69. The van der Waals surface area contributed by atoms with Crippen molar-refractivity contribution in [2.75, 3.05) is 0 Å². The van der Waals surface area contributed by atoms with Crippen LogP contribution in [0, 0.1) is 0 Å². The van der Waals surface area contributed by atoms with Crippen LogP contribution in [0.5, 0.6) is 0 Å². The van der Waals surface area contributed by atoms with Gasteiger partial charge in [-0.2, -0.15) is 22.8 Å². The summed E-state index contributed by atoms with van der Waals surface area (Å²) >= 11 is 0. The minimum atomic E-state index is 0. The molecule has 0 nitrogen and oxygen atoms in total. The van der Waals surface area contributed by atoms with Gasteiger partial charge in [-0.1, -0.05) is 31.9 Å². The van der Waals surface area contributed by atoms with Gasteiger partial charge in [0, 0.05) is 0 Å². The molecule has 0 spiro atoms. The van der Waals surface area contributed by atoms with Gasteiger partial charge in [-0.25, -0.2) is 6.07 Å². The summed E-state index contributed by atoms with van der Waals surface area (Å²) < 4.78 is 0. The van der Waals surface area contributed by atoms with E-state index in [9.17, 15) is 0 Å². The molecule has 0 aromatic heterocycles. The summed E-state index contributed by atoms with van der Waals surface area (Å²) in [6.07, 6.45) is 7.01. The summed E-state index contributed by atoms with van der Waals surface area (Å²) in [5.41, 5.74) is 4.32. The van der Waals surface area contributed by atoms with Crippen LogP contribution in [0.1, 0.15) is 23.6 Å². The summed E-state index contributed by atoms with van der Waals surface area (Å²) in [6, 6.07) is 4.43. The monoisotopic (exact) mass is 196 g/mol. The molecule has 0 N–H and O–H groups in total. The summed E-state index contributed by atoms with van der Waals surface area (Å²) in [5, 5.41) is 0. The fourth-order valence-corrected chi connectivity index (χ4v) is 1.69. The van der Waals surface area contributed by atoms with Gasteiger partial charge in [0.05, 0.1) is 0 Å². The van der Waals surface area contributed by atoms with Gasteiger partial charge in [-0.15, -0.1) is 13.2 Å². The zero-order valence-corrected chi connectivity index (χ0v) is 11.3. The van der Waals surface area contributed by atoms with Crippen LogP contribution in [0.25, 0.3) is 0 Å². The number of hydrogen-bond donors (Lipinski definition) is 0. The molecule has 1 aromatic carbocycles. The summed E-state index contributed by atoms with van der Waals surface area (Å²) in [4.78, 5) is 0. The van der Waals surface area contributed by atoms with Crippen molar-refractivity contribution in [2.24, 2.45) is 0 Å². The molecule has 0 heterocycles. The zero-order valence-electron chi connectivity index (χ0n) is 9.34. The molecule has 0 saturated heterocycles. The van der Waals surface area contributed by atoms with Crippen molar-refractivity contribution < 1.29 is 29.6 Å². The molecule has 0 radical (unpaired) electrons. The molecule has 70 valence electrons. The first-order valence-corrected chi connectivity index (χ1v) is 4.81. The smallest absolute Gasteiger partial charge is 0.210 e. The molecule has 0 bridgehead atoms. The van der Waals surface area contributed by atoms with Crippen molar-refractivity contribution in [3.63, 3.8) is 0 Å². The molecule has 0 aliphatic heterocycles. The normalized spacial score (nSPS) is 9.21. The van der Waals surface area contributed by atoms with Crippen LogP contribution >= 0.6 is 0 Å². The van der Waals surface area contributed by atoms with Crippen LogP contribution in [0.3, 0.4) is 0 Å². The molecule has 14 heavy (non-hydrogen) atoms. The first kappa shape index (κ1) is 13.8. The summed E-state index contributed by atoms with van der Waals surface area (Å²) in [6.45, 7) is 9.75. The Balaban J connectivity index is 0.00000169. The molecule has 0 saturated carbocycles. The first-order valence-electron chi connectivity index (χ1n) is 4.81. The van der Waals surface area contributed by atoms with E-state index in [1.807, 2.05) is 12.2 Å². The van der Waals surface area contributed by atoms with Gasteiger partial charge in [0.25, 0.3) is 0 Å². The van der Waals surface area contributed by atoms with Crippen LogP contribution in [-0.4, -0.2) is 0 Å². The second-order valence-electron chi connectivity index (χ2n) is 3.20. The Morgan fingerprint density at radius 1 is 1.29 bits per heavy atom. The third-order valence-corrected chi connectivity index (χ3v) is 2.35. The molecule has 1 rings (SSSR count). The van der Waals surface area contributed by atoms with E-state index in [2.05, 4.69) is 32.2 Å². The molecular formula is C13H17Na. The van der Waals surface area contributed by atoms with Crippen LogP contribution in [-0.2, 0) is 19.3 Å². The van der Waals surface area contributed by atoms with Crippen molar-refractivity contribution in [1.82, 2.24) is 0 Å². The van der Waals surface area contributed by atoms with Crippen molar-refractivity contribution in [1.29, 1.82) is 0 Å². The Morgan fingerprint density at radius 3 is 2.43 bits per heavy atom. The average Bonchev–Trinajstić information content (AvgIpc) is 2.50. The molecule has 1 aromatic rings. The summed E-state index contributed by atoms with van der Waals surface area (Å²) in [5.74, 6) is 0. The van der Waals surface area contributed by atoms with Crippen LogP contribution in [0.2, 0.25) is 0 Å². The largest absolute Gasteiger partial charge is 1.00 e. The maximum absolute atomic E-state index is 3.79. The van der Waals surface area contributed by atoms with E-state index < -0.39 is 0 Å². The van der Waals surface area contributed by atoms with Gasteiger partial charge in [0.1, 0.15) is 0 Å². The minimum Gasteiger partial charge on any atom is -0.210 e. The molecule has 0 fully saturated rings. The van der Waals surface area contributed by atoms with E-state index in [0.717, 1.165) is 19.3 Å². The van der Waals surface area contributed by atoms with Gasteiger partial charge in [-0.05, 0) is 6.42 Å². The van der Waals surface area contributed by atoms with E-state index in [4.69, 9.17) is 0 Å². The second-order valence-corrected chi connectivity index (χ2v) is 3.20. The van der Waals surface area contributed by atoms with E-state index >= 15 is 0 Å². The quantitative estimate of drug-likeness (QED) is 0.364. The Hall–Kier alpha value is -0.170. The molecule has 0 atom stereocenters. The fraction of sp³-hybridized carbons (Fsp3) is 0.308.